The van der Waals surface area contributed by atoms with Crippen LogP contribution in [0.1, 0.15) is 25.7 Å². The number of para-hydroxylation sites is 1. The second-order valence-electron chi connectivity index (χ2n) is 8.45. The van der Waals surface area contributed by atoms with E-state index in [0.29, 0.717) is 18.0 Å². The molecule has 3 aliphatic rings. The SMILES string of the molecule is Cl.Cl.O=C(Cn1ncc2ccccc21)NC[C@H]1[C@@H]2CNC[C@@H](C2)[C@@H]2CCCCN21. The van der Waals surface area contributed by atoms with Gasteiger partial charge in [0.25, 0.3) is 0 Å². The highest BCUT2D eigenvalue weighted by atomic mass is 35.5. The Labute approximate surface area is 184 Å². The number of piperidine rings is 3. The van der Waals surface area contributed by atoms with Crippen molar-refractivity contribution in [3.63, 3.8) is 0 Å². The quantitative estimate of drug-likeness (QED) is 0.767. The molecule has 1 amide bonds. The van der Waals surface area contributed by atoms with Gasteiger partial charge in [0.15, 0.2) is 0 Å². The molecule has 0 saturated carbocycles. The van der Waals surface area contributed by atoms with E-state index in [1.54, 1.807) is 4.68 Å². The first-order valence-electron chi connectivity index (χ1n) is 10.4. The molecular weight excluding hydrogens is 409 g/mol. The average Bonchev–Trinajstić information content (AvgIpc) is 3.11. The van der Waals surface area contributed by atoms with E-state index in [1.807, 2.05) is 30.5 Å². The molecule has 3 saturated heterocycles. The standard InChI is InChI=1S/C21H29N5O.2ClH/c27-21(14-26-19-7-2-1-5-15(19)12-24-26)23-13-20-17-9-16(10-22-11-17)18-6-3-4-8-25(18)20;;/h1-2,5,7,12,16-18,20,22H,3-4,6,8-11,13-14H2,(H,23,27);2*1H/t16-,17+,18+,20+;;/m1../s1. The molecule has 4 atom stereocenters. The van der Waals surface area contributed by atoms with Gasteiger partial charge in [0.05, 0.1) is 11.7 Å². The van der Waals surface area contributed by atoms with E-state index in [4.69, 9.17) is 0 Å². The lowest BCUT2D eigenvalue weighted by Crippen LogP contribution is -2.65. The molecule has 2 aromatic rings. The van der Waals surface area contributed by atoms with Gasteiger partial charge in [-0.05, 0) is 56.8 Å². The first kappa shape index (κ1) is 22.3. The zero-order valence-corrected chi connectivity index (χ0v) is 18.3. The van der Waals surface area contributed by atoms with Crippen LogP contribution in [0.4, 0.5) is 0 Å². The lowest BCUT2D eigenvalue weighted by atomic mass is 9.73. The van der Waals surface area contributed by atoms with Crippen LogP contribution in [0.15, 0.2) is 30.5 Å². The van der Waals surface area contributed by atoms with Crippen LogP contribution in [0, 0.1) is 11.8 Å². The largest absolute Gasteiger partial charge is 0.353 e. The van der Waals surface area contributed by atoms with Crippen molar-refractivity contribution in [2.75, 3.05) is 26.2 Å². The fraction of sp³-hybridized carbons (Fsp3) is 0.619. The van der Waals surface area contributed by atoms with E-state index >= 15 is 0 Å². The van der Waals surface area contributed by atoms with Crippen LogP contribution in [0.2, 0.25) is 0 Å². The molecule has 2 bridgehead atoms. The van der Waals surface area contributed by atoms with Gasteiger partial charge in [-0.15, -0.1) is 24.8 Å². The van der Waals surface area contributed by atoms with E-state index in [9.17, 15) is 4.79 Å². The van der Waals surface area contributed by atoms with Gasteiger partial charge in [-0.25, -0.2) is 0 Å². The van der Waals surface area contributed by atoms with Crippen molar-refractivity contribution in [3.05, 3.63) is 30.5 Å². The third-order valence-corrected chi connectivity index (χ3v) is 6.88. The number of nitrogens with one attached hydrogen (secondary N) is 2. The van der Waals surface area contributed by atoms with Gasteiger partial charge in [0.2, 0.25) is 5.91 Å². The summed E-state index contributed by atoms with van der Waals surface area (Å²) in [6.45, 7) is 4.50. The van der Waals surface area contributed by atoms with E-state index in [-0.39, 0.29) is 37.3 Å². The first-order valence-corrected chi connectivity index (χ1v) is 10.4. The van der Waals surface area contributed by atoms with Gasteiger partial charge in [0, 0.05) is 24.0 Å². The summed E-state index contributed by atoms with van der Waals surface area (Å²) in [6.07, 6.45) is 7.12. The average molecular weight is 440 g/mol. The maximum atomic E-state index is 12.6. The number of hydrogen-bond acceptors (Lipinski definition) is 4. The second kappa shape index (κ2) is 9.65. The number of halogens is 2. The van der Waals surface area contributed by atoms with E-state index in [2.05, 4.69) is 20.6 Å². The Kier molecular flexibility index (Phi) is 7.43. The Hall–Kier alpha value is -1.34. The summed E-state index contributed by atoms with van der Waals surface area (Å²) in [4.78, 5) is 15.4. The van der Waals surface area contributed by atoms with Crippen molar-refractivity contribution >= 4 is 41.6 Å². The molecule has 0 radical (unpaired) electrons. The van der Waals surface area contributed by atoms with Crippen LogP contribution in [0.25, 0.3) is 10.9 Å². The Morgan fingerprint density at radius 1 is 1.17 bits per heavy atom. The molecule has 1 aromatic carbocycles. The van der Waals surface area contributed by atoms with Crippen LogP contribution < -0.4 is 10.6 Å². The van der Waals surface area contributed by atoms with Gasteiger partial charge >= 0.3 is 0 Å². The van der Waals surface area contributed by atoms with Gasteiger partial charge < -0.3 is 10.6 Å². The van der Waals surface area contributed by atoms with Crippen molar-refractivity contribution < 1.29 is 4.79 Å². The van der Waals surface area contributed by atoms with Gasteiger partial charge in [0.1, 0.15) is 6.54 Å². The van der Waals surface area contributed by atoms with Crippen LogP contribution in [0.5, 0.6) is 0 Å². The molecule has 29 heavy (non-hydrogen) atoms. The van der Waals surface area contributed by atoms with Crippen LogP contribution in [0.3, 0.4) is 0 Å². The molecule has 0 spiro atoms. The molecule has 0 unspecified atom stereocenters. The number of nitrogens with zero attached hydrogens (tertiary/aromatic N) is 3. The predicted octanol–water partition coefficient (Wildman–Crippen LogP) is 2.46. The maximum Gasteiger partial charge on any atom is 0.241 e. The molecule has 6 nitrogen and oxygen atoms in total. The number of amides is 1. The fourth-order valence-corrected chi connectivity index (χ4v) is 5.61. The number of carbonyl (C=O) groups excluding carboxylic acids is 1. The fourth-order valence-electron chi connectivity index (χ4n) is 5.61. The molecule has 4 heterocycles. The highest BCUT2D eigenvalue weighted by Gasteiger charge is 2.45. The topological polar surface area (TPSA) is 62.2 Å². The monoisotopic (exact) mass is 439 g/mol. The molecule has 3 aliphatic heterocycles. The number of aromatic nitrogens is 2. The van der Waals surface area contributed by atoms with E-state index in [0.717, 1.165) is 29.9 Å². The molecule has 8 heteroatoms. The summed E-state index contributed by atoms with van der Waals surface area (Å²) in [6, 6.07) is 9.21. The third-order valence-electron chi connectivity index (χ3n) is 6.88. The smallest absolute Gasteiger partial charge is 0.241 e. The second-order valence-corrected chi connectivity index (χ2v) is 8.45. The molecule has 160 valence electrons. The number of fused-ring (bicyclic) bond motifs is 5. The summed E-state index contributed by atoms with van der Waals surface area (Å²) in [5.41, 5.74) is 1.01. The summed E-state index contributed by atoms with van der Waals surface area (Å²) >= 11 is 0. The number of rotatable bonds is 4. The lowest BCUT2D eigenvalue weighted by Gasteiger charge is -2.55. The van der Waals surface area contributed by atoms with Crippen LogP contribution in [-0.2, 0) is 11.3 Å². The van der Waals surface area contributed by atoms with Crippen molar-refractivity contribution in [1.82, 2.24) is 25.3 Å². The minimum atomic E-state index is 0. The molecule has 2 N–H and O–H groups in total. The van der Waals surface area contributed by atoms with Gasteiger partial charge in [-0.1, -0.05) is 24.6 Å². The minimum Gasteiger partial charge on any atom is -0.353 e. The summed E-state index contributed by atoms with van der Waals surface area (Å²) < 4.78 is 1.80. The van der Waals surface area contributed by atoms with E-state index < -0.39 is 0 Å². The zero-order chi connectivity index (χ0) is 18.2. The number of carbonyl (C=O) groups is 1. The molecular formula is C21H31Cl2N5O. The van der Waals surface area contributed by atoms with Gasteiger partial charge in [-0.3, -0.25) is 14.4 Å². The zero-order valence-electron chi connectivity index (χ0n) is 16.6. The first-order chi connectivity index (χ1) is 13.3. The summed E-state index contributed by atoms with van der Waals surface area (Å²) in [7, 11) is 0. The highest BCUT2D eigenvalue weighted by molar-refractivity contribution is 5.85. The number of hydrogen-bond donors (Lipinski definition) is 2. The number of benzene rings is 1. The van der Waals surface area contributed by atoms with Crippen molar-refractivity contribution in [2.24, 2.45) is 11.8 Å². The van der Waals surface area contributed by atoms with Crippen LogP contribution >= 0.6 is 24.8 Å². The highest BCUT2D eigenvalue weighted by Crippen LogP contribution is 2.38. The molecule has 5 rings (SSSR count). The Bertz CT molecular complexity index is 828. The van der Waals surface area contributed by atoms with Crippen molar-refractivity contribution in [3.8, 4) is 0 Å². The Morgan fingerprint density at radius 2 is 2.00 bits per heavy atom. The third kappa shape index (κ3) is 4.41. The minimum absolute atomic E-state index is 0. The Morgan fingerprint density at radius 3 is 2.90 bits per heavy atom. The van der Waals surface area contributed by atoms with Gasteiger partial charge in [-0.2, -0.15) is 5.10 Å². The predicted molar refractivity (Wildman–Crippen MR) is 120 cm³/mol. The van der Waals surface area contributed by atoms with Crippen molar-refractivity contribution in [2.45, 2.75) is 44.3 Å². The summed E-state index contributed by atoms with van der Waals surface area (Å²) in [5.74, 6) is 1.51. The van der Waals surface area contributed by atoms with Crippen LogP contribution in [-0.4, -0.2) is 58.9 Å². The van der Waals surface area contributed by atoms with Crippen molar-refractivity contribution in [1.29, 1.82) is 0 Å². The Balaban J connectivity index is 0.00000120. The molecule has 3 fully saturated rings. The maximum absolute atomic E-state index is 12.6. The van der Waals surface area contributed by atoms with E-state index in [1.165, 1.54) is 38.8 Å². The molecule has 0 aliphatic carbocycles. The normalized spacial score (nSPS) is 28.7. The summed E-state index contributed by atoms with van der Waals surface area (Å²) in [5, 5.41) is 12.3. The molecule has 1 aromatic heterocycles. The lowest BCUT2D eigenvalue weighted by molar-refractivity contribution is -0.122.